The lowest BCUT2D eigenvalue weighted by atomic mass is 9.69. The van der Waals surface area contributed by atoms with E-state index in [4.69, 9.17) is 28.9 Å². The third-order valence-corrected chi connectivity index (χ3v) is 8.64. The Morgan fingerprint density at radius 1 is 1.26 bits per heavy atom. The van der Waals surface area contributed by atoms with Crippen LogP contribution in [0.15, 0.2) is 51.4 Å². The number of carbonyl (C=O) groups is 1. The van der Waals surface area contributed by atoms with Crippen molar-refractivity contribution in [3.8, 4) is 6.07 Å². The first kappa shape index (κ1) is 22.4. The maximum Gasteiger partial charge on any atom is 0.162 e. The first-order chi connectivity index (χ1) is 14.5. The van der Waals surface area contributed by atoms with E-state index in [0.29, 0.717) is 45.5 Å². The monoisotopic (exact) mass is 535 g/mol. The predicted octanol–water partition coefficient (Wildman–Crippen LogP) is 7.07. The Kier molecular flexibility index (Phi) is 5.76. The van der Waals surface area contributed by atoms with Crippen molar-refractivity contribution < 1.29 is 4.79 Å². The average molecular weight is 537 g/mol. The lowest BCUT2D eigenvalue weighted by Crippen LogP contribution is -2.42. The van der Waals surface area contributed by atoms with Gasteiger partial charge >= 0.3 is 0 Å². The van der Waals surface area contributed by atoms with Gasteiger partial charge in [0.2, 0.25) is 0 Å². The molecule has 1 aliphatic carbocycles. The van der Waals surface area contributed by atoms with E-state index in [1.54, 1.807) is 34.4 Å². The van der Waals surface area contributed by atoms with E-state index in [0.717, 1.165) is 19.9 Å². The van der Waals surface area contributed by atoms with Gasteiger partial charge in [-0.25, -0.2) is 0 Å². The molecule has 2 N–H and O–H groups in total. The maximum atomic E-state index is 13.5. The standard InChI is InChI=1S/C23H20BrCl2N3OS/c1-11-14(24)7-19(31-11)20-13(10-27)22(28)29(12-4-5-15(25)16(26)6-12)17-8-23(2,3)9-18(30)21(17)20/h4-7,20H,8-9,28H2,1-3H3. The molecule has 2 aromatic rings. The molecule has 1 aliphatic heterocycles. The number of thiophene rings is 1. The van der Waals surface area contributed by atoms with Crippen molar-refractivity contribution in [3.63, 3.8) is 0 Å². The third-order valence-electron chi connectivity index (χ3n) is 5.70. The molecule has 2 aliphatic rings. The Morgan fingerprint density at radius 2 is 1.97 bits per heavy atom. The summed E-state index contributed by atoms with van der Waals surface area (Å²) in [5.41, 5.74) is 8.90. The van der Waals surface area contributed by atoms with E-state index < -0.39 is 5.92 Å². The number of aryl methyl sites for hydroxylation is 1. The topological polar surface area (TPSA) is 70.1 Å². The summed E-state index contributed by atoms with van der Waals surface area (Å²) in [4.78, 5) is 17.3. The summed E-state index contributed by atoms with van der Waals surface area (Å²) in [5.74, 6) is -0.112. The second kappa shape index (κ2) is 7.97. The molecule has 1 aromatic heterocycles. The van der Waals surface area contributed by atoms with E-state index in [-0.39, 0.29) is 11.2 Å². The molecule has 1 aromatic carbocycles. The van der Waals surface area contributed by atoms with Crippen LogP contribution in [-0.2, 0) is 4.79 Å². The number of benzene rings is 1. The molecule has 0 saturated carbocycles. The normalized spacial score (nSPS) is 20.7. The molecular weight excluding hydrogens is 517 g/mol. The molecule has 1 atom stereocenters. The number of anilines is 1. The lowest BCUT2D eigenvalue weighted by molar-refractivity contribution is -0.118. The molecule has 0 bridgehead atoms. The Hall–Kier alpha value is -1.78. The first-order valence-electron chi connectivity index (χ1n) is 9.71. The summed E-state index contributed by atoms with van der Waals surface area (Å²) in [6.45, 7) is 6.15. The number of Topliss-reactive ketones (excluding diaryl/α,β-unsaturated/α-hetero) is 1. The molecule has 0 fully saturated rings. The summed E-state index contributed by atoms with van der Waals surface area (Å²) in [7, 11) is 0. The van der Waals surface area contributed by atoms with Gasteiger partial charge in [0.1, 0.15) is 5.82 Å². The first-order valence-corrected chi connectivity index (χ1v) is 12.1. The Balaban J connectivity index is 2.01. The highest BCUT2D eigenvalue weighted by atomic mass is 79.9. The van der Waals surface area contributed by atoms with Crippen LogP contribution < -0.4 is 10.6 Å². The van der Waals surface area contributed by atoms with Gasteiger partial charge in [-0.05, 0) is 59.0 Å². The van der Waals surface area contributed by atoms with Gasteiger partial charge in [0.15, 0.2) is 5.78 Å². The van der Waals surface area contributed by atoms with Crippen LogP contribution in [0.4, 0.5) is 5.69 Å². The number of carbonyl (C=O) groups excluding carboxylic acids is 1. The number of allylic oxidation sites excluding steroid dienone is 3. The average Bonchev–Trinajstić information content (AvgIpc) is 3.00. The van der Waals surface area contributed by atoms with Crippen molar-refractivity contribution in [2.24, 2.45) is 11.1 Å². The molecule has 160 valence electrons. The highest BCUT2D eigenvalue weighted by Gasteiger charge is 2.45. The van der Waals surface area contributed by atoms with Gasteiger partial charge in [-0.3, -0.25) is 9.69 Å². The van der Waals surface area contributed by atoms with Crippen molar-refractivity contribution in [2.75, 3.05) is 4.90 Å². The molecule has 8 heteroatoms. The van der Waals surface area contributed by atoms with Crippen LogP contribution >= 0.6 is 50.5 Å². The quantitative estimate of drug-likeness (QED) is 0.445. The fourth-order valence-corrected chi connectivity index (χ4v) is 6.31. The van der Waals surface area contributed by atoms with Gasteiger partial charge in [0.25, 0.3) is 0 Å². The number of hydrogen-bond donors (Lipinski definition) is 1. The zero-order valence-electron chi connectivity index (χ0n) is 17.2. The lowest BCUT2D eigenvalue weighted by Gasteiger charge is -2.43. The zero-order chi connectivity index (χ0) is 22.7. The highest BCUT2D eigenvalue weighted by molar-refractivity contribution is 9.10. The molecule has 4 nitrogen and oxygen atoms in total. The summed E-state index contributed by atoms with van der Waals surface area (Å²) in [5, 5.41) is 10.9. The van der Waals surface area contributed by atoms with Crippen LogP contribution in [0.5, 0.6) is 0 Å². The molecule has 4 rings (SSSR count). The van der Waals surface area contributed by atoms with Crippen molar-refractivity contribution in [3.05, 3.63) is 71.2 Å². The minimum Gasteiger partial charge on any atom is -0.384 e. The Morgan fingerprint density at radius 3 is 2.55 bits per heavy atom. The molecule has 31 heavy (non-hydrogen) atoms. The molecule has 0 radical (unpaired) electrons. The second-order valence-electron chi connectivity index (χ2n) is 8.63. The maximum absolute atomic E-state index is 13.5. The Bertz CT molecular complexity index is 1200. The fourth-order valence-electron chi connectivity index (χ4n) is 4.34. The number of rotatable bonds is 2. The van der Waals surface area contributed by atoms with Crippen LogP contribution in [0.3, 0.4) is 0 Å². The molecule has 0 spiro atoms. The van der Waals surface area contributed by atoms with Crippen molar-refractivity contribution >= 4 is 61.9 Å². The SMILES string of the molecule is Cc1sc(C2C(C#N)=C(N)N(c3ccc(Cl)c(Cl)c3)C3=C2C(=O)CC(C)(C)C3)cc1Br. The minimum absolute atomic E-state index is 0.0451. The van der Waals surface area contributed by atoms with Gasteiger partial charge in [-0.1, -0.05) is 37.0 Å². The fraction of sp³-hybridized carbons (Fsp3) is 0.304. The van der Waals surface area contributed by atoms with Crippen LogP contribution in [0.25, 0.3) is 0 Å². The van der Waals surface area contributed by atoms with E-state index in [9.17, 15) is 10.1 Å². The van der Waals surface area contributed by atoms with Gasteiger partial charge < -0.3 is 5.73 Å². The van der Waals surface area contributed by atoms with Crippen LogP contribution in [0.2, 0.25) is 10.0 Å². The summed E-state index contributed by atoms with van der Waals surface area (Å²) < 4.78 is 0.959. The molecule has 2 heterocycles. The van der Waals surface area contributed by atoms with Gasteiger partial charge in [0.05, 0.1) is 27.6 Å². The largest absolute Gasteiger partial charge is 0.384 e. The highest BCUT2D eigenvalue weighted by Crippen LogP contribution is 2.52. The van der Waals surface area contributed by atoms with E-state index in [2.05, 4.69) is 35.8 Å². The smallest absolute Gasteiger partial charge is 0.162 e. The number of ketones is 1. The van der Waals surface area contributed by atoms with Gasteiger partial charge in [-0.2, -0.15) is 5.26 Å². The summed E-state index contributed by atoms with van der Waals surface area (Å²) >= 11 is 17.5. The number of nitriles is 1. The Labute approximate surface area is 204 Å². The van der Waals surface area contributed by atoms with E-state index in [1.807, 2.05) is 13.0 Å². The summed E-state index contributed by atoms with van der Waals surface area (Å²) in [6, 6.07) is 9.49. The van der Waals surface area contributed by atoms with Crippen LogP contribution in [-0.4, -0.2) is 5.78 Å². The van der Waals surface area contributed by atoms with E-state index >= 15 is 0 Å². The van der Waals surface area contributed by atoms with Crippen LogP contribution in [0.1, 0.15) is 42.4 Å². The van der Waals surface area contributed by atoms with Crippen molar-refractivity contribution in [2.45, 2.75) is 39.5 Å². The number of hydrogen-bond acceptors (Lipinski definition) is 5. The molecular formula is C23H20BrCl2N3OS. The van der Waals surface area contributed by atoms with Crippen molar-refractivity contribution in [1.82, 2.24) is 0 Å². The molecule has 0 saturated heterocycles. The van der Waals surface area contributed by atoms with Gasteiger partial charge in [0, 0.05) is 37.6 Å². The minimum atomic E-state index is -0.474. The predicted molar refractivity (Wildman–Crippen MR) is 130 cm³/mol. The van der Waals surface area contributed by atoms with E-state index in [1.165, 1.54) is 0 Å². The molecule has 0 amide bonds. The summed E-state index contributed by atoms with van der Waals surface area (Å²) in [6.07, 6.45) is 1.07. The molecule has 1 unspecified atom stereocenters. The number of nitrogens with zero attached hydrogens (tertiary/aromatic N) is 2. The third kappa shape index (κ3) is 3.82. The zero-order valence-corrected chi connectivity index (χ0v) is 21.1. The van der Waals surface area contributed by atoms with Crippen LogP contribution in [0, 0.1) is 23.7 Å². The number of halogens is 3. The van der Waals surface area contributed by atoms with Crippen molar-refractivity contribution in [1.29, 1.82) is 5.26 Å². The number of nitrogens with two attached hydrogens (primary N) is 1. The second-order valence-corrected chi connectivity index (χ2v) is 11.6. The van der Waals surface area contributed by atoms with Gasteiger partial charge in [-0.15, -0.1) is 11.3 Å².